The van der Waals surface area contributed by atoms with Crippen LogP contribution < -0.4 is 10.1 Å². The van der Waals surface area contributed by atoms with Crippen molar-refractivity contribution in [3.63, 3.8) is 0 Å². The van der Waals surface area contributed by atoms with Crippen LogP contribution in [0.25, 0.3) is 0 Å². The molecule has 1 aromatic rings. The fourth-order valence-electron chi connectivity index (χ4n) is 1.87. The predicted molar refractivity (Wildman–Crippen MR) is 81.4 cm³/mol. The van der Waals surface area contributed by atoms with Gasteiger partial charge in [0, 0.05) is 12.1 Å². The number of carbonyl (C=O) groups is 2. The summed E-state index contributed by atoms with van der Waals surface area (Å²) in [5.41, 5.74) is -0.449. The topological polar surface area (TPSA) is 75.6 Å². The maximum Gasteiger partial charge on any atom is 0.310 e. The molecule has 0 aliphatic rings. The van der Waals surface area contributed by atoms with Crippen molar-refractivity contribution < 1.29 is 19.4 Å². The normalized spacial score (nSPS) is 13.6. The molecule has 1 amide bonds. The zero-order valence-electron chi connectivity index (χ0n) is 13.0. The molecule has 0 aliphatic carbocycles. The molecule has 5 nitrogen and oxygen atoms in total. The zero-order chi connectivity index (χ0) is 16.0. The Labute approximate surface area is 125 Å². The third kappa shape index (κ3) is 4.48. The van der Waals surface area contributed by atoms with E-state index in [0.29, 0.717) is 12.3 Å². The van der Waals surface area contributed by atoms with E-state index in [4.69, 9.17) is 4.74 Å². The number of benzene rings is 1. The average molecular weight is 293 g/mol. The van der Waals surface area contributed by atoms with Crippen molar-refractivity contribution in [3.8, 4) is 5.75 Å². The Morgan fingerprint density at radius 3 is 2.29 bits per heavy atom. The number of carboxylic acid groups (broad SMARTS) is 1. The first-order valence-electron chi connectivity index (χ1n) is 7.05. The molecular formula is C16H23NO4. The Balaban J connectivity index is 2.70. The summed E-state index contributed by atoms with van der Waals surface area (Å²) in [6.07, 6.45) is -0.0623. The summed E-state index contributed by atoms with van der Waals surface area (Å²) in [6.45, 7) is 7.68. The minimum absolute atomic E-state index is 0.0623. The van der Waals surface area contributed by atoms with E-state index < -0.39 is 11.4 Å². The van der Waals surface area contributed by atoms with E-state index in [-0.39, 0.29) is 18.2 Å². The lowest BCUT2D eigenvalue weighted by atomic mass is 9.76. The Bertz CT molecular complexity index is 496. The van der Waals surface area contributed by atoms with Crippen LogP contribution in [0.1, 0.15) is 34.1 Å². The van der Waals surface area contributed by atoms with Gasteiger partial charge in [-0.3, -0.25) is 9.59 Å². The first-order valence-corrected chi connectivity index (χ1v) is 7.05. The van der Waals surface area contributed by atoms with Gasteiger partial charge in [-0.05, 0) is 44.0 Å². The number of rotatable bonds is 7. The van der Waals surface area contributed by atoms with Gasteiger partial charge in [0.15, 0.2) is 0 Å². The molecule has 0 radical (unpaired) electrons. The molecule has 0 saturated heterocycles. The summed E-state index contributed by atoms with van der Waals surface area (Å²) >= 11 is 0. The van der Waals surface area contributed by atoms with E-state index in [2.05, 4.69) is 5.32 Å². The Kier molecular flexibility index (Phi) is 5.76. The lowest BCUT2D eigenvalue weighted by molar-refractivity contribution is -0.153. The second-order valence-corrected chi connectivity index (χ2v) is 5.56. The maximum atomic E-state index is 12.0. The van der Waals surface area contributed by atoms with Crippen LogP contribution in [0.4, 0.5) is 5.69 Å². The number of anilines is 1. The van der Waals surface area contributed by atoms with Crippen LogP contribution >= 0.6 is 0 Å². The molecule has 0 bridgehead atoms. The van der Waals surface area contributed by atoms with E-state index in [1.54, 1.807) is 45.0 Å². The monoisotopic (exact) mass is 293 g/mol. The van der Waals surface area contributed by atoms with E-state index in [1.807, 2.05) is 6.92 Å². The Morgan fingerprint density at radius 2 is 1.86 bits per heavy atom. The smallest absolute Gasteiger partial charge is 0.310 e. The molecule has 0 spiro atoms. The van der Waals surface area contributed by atoms with Crippen LogP contribution in [-0.2, 0) is 9.59 Å². The van der Waals surface area contributed by atoms with Gasteiger partial charge in [0.1, 0.15) is 5.75 Å². The summed E-state index contributed by atoms with van der Waals surface area (Å²) < 4.78 is 5.32. The van der Waals surface area contributed by atoms with Crippen LogP contribution in [0.5, 0.6) is 5.75 Å². The van der Waals surface area contributed by atoms with Gasteiger partial charge in [-0.1, -0.05) is 13.8 Å². The lowest BCUT2D eigenvalue weighted by Gasteiger charge is -2.28. The molecule has 1 rings (SSSR count). The molecule has 0 aliphatic heterocycles. The molecule has 1 unspecified atom stereocenters. The second-order valence-electron chi connectivity index (χ2n) is 5.56. The van der Waals surface area contributed by atoms with Gasteiger partial charge in [-0.2, -0.15) is 0 Å². The maximum absolute atomic E-state index is 12.0. The molecule has 1 aromatic carbocycles. The van der Waals surface area contributed by atoms with Crippen molar-refractivity contribution in [2.24, 2.45) is 11.3 Å². The fourth-order valence-corrected chi connectivity index (χ4v) is 1.87. The number of aliphatic carboxylic acids is 1. The summed E-state index contributed by atoms with van der Waals surface area (Å²) in [5, 5.41) is 12.0. The Morgan fingerprint density at radius 1 is 1.29 bits per heavy atom. The molecule has 1 atom stereocenters. The Hall–Kier alpha value is -2.04. The molecule has 0 saturated carbocycles. The quantitative estimate of drug-likeness (QED) is 0.809. The van der Waals surface area contributed by atoms with Gasteiger partial charge < -0.3 is 15.2 Å². The van der Waals surface area contributed by atoms with Gasteiger partial charge in [0.2, 0.25) is 5.91 Å². The van der Waals surface area contributed by atoms with Crippen molar-refractivity contribution in [1.29, 1.82) is 0 Å². The van der Waals surface area contributed by atoms with Crippen molar-refractivity contribution in [3.05, 3.63) is 24.3 Å². The van der Waals surface area contributed by atoms with Crippen molar-refractivity contribution in [2.45, 2.75) is 34.1 Å². The summed E-state index contributed by atoms with van der Waals surface area (Å²) in [7, 11) is 0. The molecular weight excluding hydrogens is 270 g/mol. The number of hydrogen-bond donors (Lipinski definition) is 2. The van der Waals surface area contributed by atoms with Gasteiger partial charge in [0.25, 0.3) is 0 Å². The van der Waals surface area contributed by atoms with Crippen molar-refractivity contribution in [1.82, 2.24) is 0 Å². The first-order chi connectivity index (χ1) is 9.79. The van der Waals surface area contributed by atoms with Gasteiger partial charge in [-0.25, -0.2) is 0 Å². The molecule has 0 heterocycles. The first kappa shape index (κ1) is 17.0. The van der Waals surface area contributed by atoms with E-state index in [9.17, 15) is 14.7 Å². The minimum atomic E-state index is -1.07. The van der Waals surface area contributed by atoms with Gasteiger partial charge in [-0.15, -0.1) is 0 Å². The third-order valence-corrected chi connectivity index (χ3v) is 3.74. The van der Waals surface area contributed by atoms with Crippen LogP contribution in [0, 0.1) is 11.3 Å². The highest BCUT2D eigenvalue weighted by molar-refractivity contribution is 5.94. The van der Waals surface area contributed by atoms with E-state index >= 15 is 0 Å². The highest BCUT2D eigenvalue weighted by Crippen LogP contribution is 2.31. The summed E-state index contributed by atoms with van der Waals surface area (Å²) in [5.74, 6) is -0.675. The van der Waals surface area contributed by atoms with E-state index in [0.717, 1.165) is 5.75 Å². The summed E-state index contributed by atoms with van der Waals surface area (Å²) in [4.78, 5) is 23.4. The van der Waals surface area contributed by atoms with Gasteiger partial charge >= 0.3 is 5.97 Å². The summed E-state index contributed by atoms with van der Waals surface area (Å²) in [6, 6.07) is 6.99. The molecule has 116 valence electrons. The largest absolute Gasteiger partial charge is 0.494 e. The standard InChI is InChI=1S/C16H23NO4/c1-5-21-13-8-6-12(7-9-13)17-14(18)10-16(4,11(2)3)15(19)20/h6-9,11H,5,10H2,1-4H3,(H,17,18)(H,19,20). The number of nitrogens with one attached hydrogen (secondary N) is 1. The highest BCUT2D eigenvalue weighted by Gasteiger charge is 2.38. The van der Waals surface area contributed by atoms with Crippen LogP contribution in [-0.4, -0.2) is 23.6 Å². The molecule has 0 aromatic heterocycles. The molecule has 2 N–H and O–H groups in total. The second kappa shape index (κ2) is 7.11. The van der Waals surface area contributed by atoms with Crippen molar-refractivity contribution >= 4 is 17.6 Å². The lowest BCUT2D eigenvalue weighted by Crippen LogP contribution is -2.37. The van der Waals surface area contributed by atoms with E-state index in [1.165, 1.54) is 0 Å². The number of carbonyl (C=O) groups excluding carboxylic acids is 1. The van der Waals surface area contributed by atoms with Crippen molar-refractivity contribution in [2.75, 3.05) is 11.9 Å². The minimum Gasteiger partial charge on any atom is -0.494 e. The van der Waals surface area contributed by atoms with Crippen LogP contribution in [0.3, 0.4) is 0 Å². The van der Waals surface area contributed by atoms with Crippen LogP contribution in [0.15, 0.2) is 24.3 Å². The SMILES string of the molecule is CCOc1ccc(NC(=O)CC(C)(C(=O)O)C(C)C)cc1. The van der Waals surface area contributed by atoms with Crippen LogP contribution in [0.2, 0.25) is 0 Å². The molecule has 21 heavy (non-hydrogen) atoms. The average Bonchev–Trinajstić information content (AvgIpc) is 2.40. The zero-order valence-corrected chi connectivity index (χ0v) is 13.0. The third-order valence-electron chi connectivity index (χ3n) is 3.74. The number of ether oxygens (including phenoxy) is 1. The number of hydrogen-bond acceptors (Lipinski definition) is 3. The predicted octanol–water partition coefficient (Wildman–Crippen LogP) is 3.16. The molecule has 5 heteroatoms. The fraction of sp³-hybridized carbons (Fsp3) is 0.500. The van der Waals surface area contributed by atoms with Gasteiger partial charge in [0.05, 0.1) is 12.0 Å². The molecule has 0 fully saturated rings. The number of carboxylic acids is 1. The number of amides is 1. The highest BCUT2D eigenvalue weighted by atomic mass is 16.5.